The fourth-order valence-electron chi connectivity index (χ4n) is 1.43. The molecule has 18 heavy (non-hydrogen) atoms. The first-order valence-electron chi connectivity index (χ1n) is 6.06. The molecule has 0 saturated heterocycles. The maximum Gasteiger partial charge on any atom is 0.351 e. The Balaban J connectivity index is 2.33. The number of esters is 1. The van der Waals surface area contributed by atoms with Gasteiger partial charge in [-0.2, -0.15) is 4.98 Å². The van der Waals surface area contributed by atoms with Crippen molar-refractivity contribution in [2.24, 2.45) is 0 Å². The molecule has 0 atom stereocenters. The molecular weight excluding hydrogens is 274 g/mol. The van der Waals surface area contributed by atoms with Crippen LogP contribution in [-0.4, -0.2) is 24.7 Å². The second-order valence-electron chi connectivity index (χ2n) is 3.85. The zero-order valence-electron chi connectivity index (χ0n) is 10.7. The van der Waals surface area contributed by atoms with Crippen LogP contribution < -0.4 is 4.74 Å². The minimum atomic E-state index is -0.477. The van der Waals surface area contributed by atoms with Crippen molar-refractivity contribution in [3.8, 4) is 5.19 Å². The molecule has 1 aromatic rings. The first-order valence-corrected chi connectivity index (χ1v) is 7.26. The van der Waals surface area contributed by atoms with Gasteiger partial charge in [0.15, 0.2) is 10.0 Å². The summed E-state index contributed by atoms with van der Waals surface area (Å²) in [6.07, 6.45) is 5.86. The largest absolute Gasteiger partial charge is 0.470 e. The number of ether oxygens (including phenoxy) is 2. The van der Waals surface area contributed by atoms with Gasteiger partial charge in [-0.15, -0.1) is 0 Å². The van der Waals surface area contributed by atoms with Crippen LogP contribution >= 0.6 is 22.9 Å². The Morgan fingerprint density at radius 3 is 2.72 bits per heavy atom. The normalized spacial score (nSPS) is 10.4. The van der Waals surface area contributed by atoms with Crippen molar-refractivity contribution in [3.05, 3.63) is 10.0 Å². The monoisotopic (exact) mass is 291 g/mol. The van der Waals surface area contributed by atoms with Gasteiger partial charge < -0.3 is 9.47 Å². The van der Waals surface area contributed by atoms with Gasteiger partial charge in [-0.1, -0.05) is 55.5 Å². The van der Waals surface area contributed by atoms with Crippen LogP contribution in [0.4, 0.5) is 0 Å². The number of thiazole rings is 1. The number of carbonyl (C=O) groups is 1. The Kier molecular flexibility index (Phi) is 7.05. The molecule has 1 heterocycles. The van der Waals surface area contributed by atoms with Crippen LogP contribution in [0, 0.1) is 0 Å². The predicted octanol–water partition coefficient (Wildman–Crippen LogP) is 3.93. The molecule has 1 aromatic heterocycles. The van der Waals surface area contributed by atoms with Crippen molar-refractivity contribution in [1.82, 2.24) is 4.98 Å². The lowest BCUT2D eigenvalue weighted by molar-refractivity contribution is 0.0606. The van der Waals surface area contributed by atoms with Crippen molar-refractivity contribution >= 4 is 28.9 Å². The molecule has 0 aliphatic carbocycles. The molecule has 0 N–H and O–H groups in total. The van der Waals surface area contributed by atoms with Crippen molar-refractivity contribution in [2.45, 2.75) is 39.0 Å². The lowest BCUT2D eigenvalue weighted by atomic mass is 10.2. The first kappa shape index (κ1) is 15.2. The Hall–Kier alpha value is -0.810. The molecule has 0 bridgehead atoms. The van der Waals surface area contributed by atoms with Gasteiger partial charge in [-0.25, -0.2) is 4.79 Å². The zero-order chi connectivity index (χ0) is 13.4. The topological polar surface area (TPSA) is 48.4 Å². The van der Waals surface area contributed by atoms with E-state index >= 15 is 0 Å². The molecule has 102 valence electrons. The molecule has 6 heteroatoms. The zero-order valence-corrected chi connectivity index (χ0v) is 12.3. The quantitative estimate of drug-likeness (QED) is 0.538. The van der Waals surface area contributed by atoms with E-state index in [2.05, 4.69) is 16.6 Å². The van der Waals surface area contributed by atoms with Crippen LogP contribution in [0.25, 0.3) is 0 Å². The van der Waals surface area contributed by atoms with E-state index in [9.17, 15) is 4.79 Å². The number of aromatic nitrogens is 1. The number of methoxy groups -OCH3 is 1. The molecule has 0 unspecified atom stereocenters. The molecule has 0 spiro atoms. The lowest BCUT2D eigenvalue weighted by Gasteiger charge is -2.01. The summed E-state index contributed by atoms with van der Waals surface area (Å²) in [5, 5.41) is 0.573. The summed E-state index contributed by atoms with van der Waals surface area (Å²) in [7, 11) is 1.31. The molecule has 0 radical (unpaired) electrons. The third-order valence-corrected chi connectivity index (χ3v) is 3.74. The van der Waals surface area contributed by atoms with Crippen LogP contribution in [0.1, 0.15) is 48.7 Å². The van der Waals surface area contributed by atoms with E-state index in [-0.39, 0.29) is 5.15 Å². The third kappa shape index (κ3) is 4.82. The Labute approximate surface area is 116 Å². The third-order valence-electron chi connectivity index (χ3n) is 2.41. The maximum atomic E-state index is 11.3. The minimum Gasteiger partial charge on any atom is -0.470 e. The Morgan fingerprint density at radius 2 is 2.06 bits per heavy atom. The highest BCUT2D eigenvalue weighted by Gasteiger charge is 2.17. The van der Waals surface area contributed by atoms with Crippen molar-refractivity contribution in [1.29, 1.82) is 0 Å². The predicted molar refractivity (Wildman–Crippen MR) is 72.7 cm³/mol. The van der Waals surface area contributed by atoms with Gasteiger partial charge in [0, 0.05) is 0 Å². The summed E-state index contributed by atoms with van der Waals surface area (Å²) in [6.45, 7) is 2.79. The highest BCUT2D eigenvalue weighted by molar-refractivity contribution is 7.15. The molecule has 0 saturated carbocycles. The molecule has 1 rings (SSSR count). The number of hydrogen-bond acceptors (Lipinski definition) is 5. The van der Waals surface area contributed by atoms with E-state index in [1.165, 1.54) is 26.4 Å². The molecule has 0 aliphatic heterocycles. The number of hydrogen-bond donors (Lipinski definition) is 0. The summed E-state index contributed by atoms with van der Waals surface area (Å²) < 4.78 is 10.0. The SMILES string of the molecule is CCCCCCCOc1nc(Cl)c(C(=O)OC)s1. The van der Waals surface area contributed by atoms with E-state index in [1.807, 2.05) is 0 Å². The Bertz CT molecular complexity index is 381. The smallest absolute Gasteiger partial charge is 0.351 e. The van der Waals surface area contributed by atoms with E-state index in [0.29, 0.717) is 16.7 Å². The number of carbonyl (C=O) groups excluding carboxylic acids is 1. The van der Waals surface area contributed by atoms with Gasteiger partial charge >= 0.3 is 5.97 Å². The van der Waals surface area contributed by atoms with Crippen molar-refractivity contribution in [2.75, 3.05) is 13.7 Å². The second kappa shape index (κ2) is 8.32. The fourth-order valence-corrected chi connectivity index (χ4v) is 2.50. The van der Waals surface area contributed by atoms with Gasteiger partial charge in [0.1, 0.15) is 0 Å². The second-order valence-corrected chi connectivity index (χ2v) is 5.17. The number of rotatable bonds is 8. The Morgan fingerprint density at radius 1 is 1.33 bits per heavy atom. The number of halogens is 1. The lowest BCUT2D eigenvalue weighted by Crippen LogP contribution is -1.98. The van der Waals surface area contributed by atoms with Gasteiger partial charge in [0.05, 0.1) is 13.7 Å². The fraction of sp³-hybridized carbons (Fsp3) is 0.667. The average Bonchev–Trinajstić information content (AvgIpc) is 2.74. The summed E-state index contributed by atoms with van der Waals surface area (Å²) in [4.78, 5) is 15.6. The average molecular weight is 292 g/mol. The number of unbranched alkanes of at least 4 members (excludes halogenated alkanes) is 4. The number of nitrogens with zero attached hydrogens (tertiary/aromatic N) is 1. The van der Waals surface area contributed by atoms with Crippen LogP contribution in [-0.2, 0) is 4.74 Å². The standard InChI is InChI=1S/C12H18ClNO3S/c1-3-4-5-6-7-8-17-12-14-10(13)9(18-12)11(15)16-2/h3-8H2,1-2H3. The van der Waals surface area contributed by atoms with Gasteiger partial charge in [-0.3, -0.25) is 0 Å². The van der Waals surface area contributed by atoms with E-state index < -0.39 is 5.97 Å². The van der Waals surface area contributed by atoms with Crippen LogP contribution in [0.5, 0.6) is 5.19 Å². The van der Waals surface area contributed by atoms with Crippen LogP contribution in [0.2, 0.25) is 5.15 Å². The van der Waals surface area contributed by atoms with Crippen LogP contribution in [0.15, 0.2) is 0 Å². The highest BCUT2D eigenvalue weighted by atomic mass is 35.5. The van der Waals surface area contributed by atoms with Gasteiger partial charge in [0.25, 0.3) is 5.19 Å². The van der Waals surface area contributed by atoms with Gasteiger partial charge in [-0.05, 0) is 6.42 Å². The summed E-state index contributed by atoms with van der Waals surface area (Å²) >= 11 is 6.94. The molecule has 0 amide bonds. The molecular formula is C12H18ClNO3S. The highest BCUT2D eigenvalue weighted by Crippen LogP contribution is 2.29. The molecule has 0 aliphatic rings. The van der Waals surface area contributed by atoms with E-state index in [0.717, 1.165) is 24.2 Å². The van der Waals surface area contributed by atoms with Crippen LogP contribution in [0.3, 0.4) is 0 Å². The van der Waals surface area contributed by atoms with E-state index in [1.54, 1.807) is 0 Å². The summed E-state index contributed by atoms with van der Waals surface area (Å²) in [5.41, 5.74) is 0. The first-order chi connectivity index (χ1) is 8.69. The minimum absolute atomic E-state index is 0.146. The van der Waals surface area contributed by atoms with E-state index in [4.69, 9.17) is 16.3 Å². The maximum absolute atomic E-state index is 11.3. The van der Waals surface area contributed by atoms with Crippen molar-refractivity contribution in [3.63, 3.8) is 0 Å². The summed E-state index contributed by atoms with van der Waals surface area (Å²) in [5.74, 6) is -0.477. The van der Waals surface area contributed by atoms with Crippen molar-refractivity contribution < 1.29 is 14.3 Å². The van der Waals surface area contributed by atoms with Gasteiger partial charge in [0.2, 0.25) is 0 Å². The summed E-state index contributed by atoms with van der Waals surface area (Å²) in [6, 6.07) is 0. The molecule has 0 fully saturated rings. The molecule has 4 nitrogen and oxygen atoms in total. The molecule has 0 aromatic carbocycles.